The van der Waals surface area contributed by atoms with Gasteiger partial charge in [0.2, 0.25) is 0 Å². The highest BCUT2D eigenvalue weighted by Gasteiger charge is 2.14. The monoisotopic (exact) mass is 255 g/mol. The van der Waals surface area contributed by atoms with Gasteiger partial charge >= 0.3 is 0 Å². The molecule has 1 amide bonds. The van der Waals surface area contributed by atoms with E-state index in [0.29, 0.717) is 11.3 Å². The molecule has 1 unspecified atom stereocenters. The highest BCUT2D eigenvalue weighted by molar-refractivity contribution is 5.97. The topological polar surface area (TPSA) is 68.0 Å². The summed E-state index contributed by atoms with van der Waals surface area (Å²) in [6.07, 6.45) is 3.42. The molecule has 2 rings (SSSR count). The number of nitrogens with one attached hydrogen (secondary N) is 1. The first-order valence-electron chi connectivity index (χ1n) is 6.15. The maximum absolute atomic E-state index is 12.2. The van der Waals surface area contributed by atoms with Crippen LogP contribution in [-0.2, 0) is 0 Å². The lowest BCUT2D eigenvalue weighted by atomic mass is 10.0. The first-order chi connectivity index (χ1) is 9.09. The fourth-order valence-corrected chi connectivity index (χ4v) is 1.91. The van der Waals surface area contributed by atoms with Crippen molar-refractivity contribution in [2.75, 3.05) is 5.73 Å². The summed E-state index contributed by atoms with van der Waals surface area (Å²) in [4.78, 5) is 16.2. The molecule has 0 aliphatic carbocycles. The van der Waals surface area contributed by atoms with Crippen molar-refractivity contribution in [1.82, 2.24) is 10.3 Å². The Balaban J connectivity index is 2.16. The predicted octanol–water partition coefficient (Wildman–Crippen LogP) is 2.46. The number of nitrogens with zero attached hydrogens (tertiary/aromatic N) is 1. The van der Waals surface area contributed by atoms with Gasteiger partial charge in [-0.05, 0) is 49.2 Å². The third kappa shape index (κ3) is 2.91. The van der Waals surface area contributed by atoms with E-state index < -0.39 is 0 Å². The molecule has 0 spiro atoms. The van der Waals surface area contributed by atoms with Crippen LogP contribution in [0.2, 0.25) is 0 Å². The van der Waals surface area contributed by atoms with Crippen molar-refractivity contribution in [3.05, 3.63) is 59.4 Å². The van der Waals surface area contributed by atoms with E-state index in [2.05, 4.69) is 10.3 Å². The molecule has 1 aromatic carbocycles. The smallest absolute Gasteiger partial charge is 0.252 e. The van der Waals surface area contributed by atoms with Crippen LogP contribution >= 0.6 is 0 Å². The first kappa shape index (κ1) is 13.1. The fourth-order valence-electron chi connectivity index (χ4n) is 1.91. The largest absolute Gasteiger partial charge is 0.398 e. The molecule has 98 valence electrons. The van der Waals surface area contributed by atoms with Gasteiger partial charge in [-0.15, -0.1) is 0 Å². The summed E-state index contributed by atoms with van der Waals surface area (Å²) in [5.74, 6) is -0.117. The summed E-state index contributed by atoms with van der Waals surface area (Å²) in [5, 5.41) is 2.96. The molecule has 0 saturated carbocycles. The summed E-state index contributed by atoms with van der Waals surface area (Å²) >= 11 is 0. The minimum Gasteiger partial charge on any atom is -0.398 e. The highest BCUT2D eigenvalue weighted by atomic mass is 16.1. The van der Waals surface area contributed by atoms with Crippen molar-refractivity contribution in [2.45, 2.75) is 19.9 Å². The number of amides is 1. The molecule has 2 aromatic rings. The van der Waals surface area contributed by atoms with Gasteiger partial charge < -0.3 is 11.1 Å². The highest BCUT2D eigenvalue weighted by Crippen LogP contribution is 2.17. The van der Waals surface area contributed by atoms with Crippen LogP contribution in [0.3, 0.4) is 0 Å². The number of anilines is 1. The standard InChI is InChI=1S/C15H17N3O/c1-10-13(4-3-5-14(10)16)15(19)18-11(2)12-6-8-17-9-7-12/h3-9,11H,16H2,1-2H3,(H,18,19). The molecule has 0 aliphatic heterocycles. The van der Waals surface area contributed by atoms with E-state index in [-0.39, 0.29) is 11.9 Å². The maximum atomic E-state index is 12.2. The third-order valence-electron chi connectivity index (χ3n) is 3.17. The lowest BCUT2D eigenvalue weighted by molar-refractivity contribution is 0.0939. The van der Waals surface area contributed by atoms with E-state index in [0.717, 1.165) is 11.1 Å². The molecule has 1 aromatic heterocycles. The van der Waals surface area contributed by atoms with Crippen molar-refractivity contribution < 1.29 is 4.79 Å². The van der Waals surface area contributed by atoms with E-state index in [1.54, 1.807) is 30.6 Å². The molecular formula is C15H17N3O. The van der Waals surface area contributed by atoms with E-state index in [9.17, 15) is 4.79 Å². The molecule has 1 atom stereocenters. The third-order valence-corrected chi connectivity index (χ3v) is 3.17. The predicted molar refractivity (Wildman–Crippen MR) is 75.7 cm³/mol. The summed E-state index contributed by atoms with van der Waals surface area (Å²) < 4.78 is 0. The van der Waals surface area contributed by atoms with Crippen molar-refractivity contribution >= 4 is 11.6 Å². The van der Waals surface area contributed by atoms with Gasteiger partial charge in [0.05, 0.1) is 6.04 Å². The van der Waals surface area contributed by atoms with Gasteiger partial charge in [-0.1, -0.05) is 6.07 Å². The van der Waals surface area contributed by atoms with Crippen LogP contribution in [0.1, 0.15) is 34.5 Å². The van der Waals surface area contributed by atoms with Crippen molar-refractivity contribution in [3.63, 3.8) is 0 Å². The average molecular weight is 255 g/mol. The van der Waals surface area contributed by atoms with Crippen molar-refractivity contribution in [2.24, 2.45) is 0 Å². The van der Waals surface area contributed by atoms with Gasteiger partial charge in [0, 0.05) is 23.6 Å². The number of nitrogen functional groups attached to an aromatic ring is 1. The second kappa shape index (κ2) is 5.52. The SMILES string of the molecule is Cc1c(N)cccc1C(=O)NC(C)c1ccncc1. The zero-order chi connectivity index (χ0) is 13.8. The molecule has 0 bridgehead atoms. The van der Waals surface area contributed by atoms with Crippen LogP contribution in [0.25, 0.3) is 0 Å². The maximum Gasteiger partial charge on any atom is 0.252 e. The van der Waals surface area contributed by atoms with E-state index in [4.69, 9.17) is 5.73 Å². The summed E-state index contributed by atoms with van der Waals surface area (Å²) in [5.41, 5.74) is 8.88. The fraction of sp³-hybridized carbons (Fsp3) is 0.200. The molecule has 4 nitrogen and oxygen atoms in total. The lowest BCUT2D eigenvalue weighted by Crippen LogP contribution is -2.27. The summed E-state index contributed by atoms with van der Waals surface area (Å²) in [6.45, 7) is 3.79. The van der Waals surface area contributed by atoms with Crippen LogP contribution in [0.15, 0.2) is 42.7 Å². The van der Waals surface area contributed by atoms with Gasteiger partial charge in [0.1, 0.15) is 0 Å². The van der Waals surface area contributed by atoms with E-state index in [1.165, 1.54) is 0 Å². The zero-order valence-electron chi connectivity index (χ0n) is 11.1. The minimum atomic E-state index is -0.117. The second-order valence-electron chi connectivity index (χ2n) is 4.50. The number of nitrogens with two attached hydrogens (primary N) is 1. The van der Waals surface area contributed by atoms with Crippen LogP contribution in [-0.4, -0.2) is 10.9 Å². The Hall–Kier alpha value is -2.36. The van der Waals surface area contributed by atoms with E-state index >= 15 is 0 Å². The van der Waals surface area contributed by atoms with Crippen LogP contribution in [0, 0.1) is 6.92 Å². The Morgan fingerprint density at radius 1 is 1.26 bits per heavy atom. The Bertz CT molecular complexity index is 581. The molecule has 0 saturated heterocycles. The molecule has 19 heavy (non-hydrogen) atoms. The Labute approximate surface area is 112 Å². The molecule has 0 fully saturated rings. The normalized spacial score (nSPS) is 11.9. The van der Waals surface area contributed by atoms with Crippen LogP contribution in [0.5, 0.6) is 0 Å². The van der Waals surface area contributed by atoms with Gasteiger partial charge in [0.15, 0.2) is 0 Å². The molecule has 3 N–H and O–H groups in total. The van der Waals surface area contributed by atoms with Gasteiger partial charge in [0.25, 0.3) is 5.91 Å². The van der Waals surface area contributed by atoms with Crippen molar-refractivity contribution in [1.29, 1.82) is 0 Å². The van der Waals surface area contributed by atoms with Crippen LogP contribution in [0.4, 0.5) is 5.69 Å². The number of hydrogen-bond acceptors (Lipinski definition) is 3. The Morgan fingerprint density at radius 3 is 2.63 bits per heavy atom. The molecule has 4 heteroatoms. The number of carbonyl (C=O) groups excluding carboxylic acids is 1. The Morgan fingerprint density at radius 2 is 1.95 bits per heavy atom. The molecule has 0 radical (unpaired) electrons. The summed E-state index contributed by atoms with van der Waals surface area (Å²) in [6, 6.07) is 9.05. The summed E-state index contributed by atoms with van der Waals surface area (Å²) in [7, 11) is 0. The van der Waals surface area contributed by atoms with Gasteiger partial charge in [-0.25, -0.2) is 0 Å². The van der Waals surface area contributed by atoms with Crippen molar-refractivity contribution in [3.8, 4) is 0 Å². The van der Waals surface area contributed by atoms with Crippen LogP contribution < -0.4 is 11.1 Å². The van der Waals surface area contributed by atoms with E-state index in [1.807, 2.05) is 26.0 Å². The number of benzene rings is 1. The minimum absolute atomic E-state index is 0.0728. The number of hydrogen-bond donors (Lipinski definition) is 2. The quantitative estimate of drug-likeness (QED) is 0.828. The average Bonchev–Trinajstić information content (AvgIpc) is 2.42. The first-order valence-corrected chi connectivity index (χ1v) is 6.15. The molecular weight excluding hydrogens is 238 g/mol. The lowest BCUT2D eigenvalue weighted by Gasteiger charge is -2.15. The number of carbonyl (C=O) groups is 1. The second-order valence-corrected chi connectivity index (χ2v) is 4.50. The molecule has 0 aliphatic rings. The molecule has 1 heterocycles. The number of pyridine rings is 1. The van der Waals surface area contributed by atoms with Gasteiger partial charge in [-0.2, -0.15) is 0 Å². The Kier molecular flexibility index (Phi) is 3.80. The zero-order valence-corrected chi connectivity index (χ0v) is 11.1. The number of aromatic nitrogens is 1. The number of rotatable bonds is 3. The van der Waals surface area contributed by atoms with Gasteiger partial charge in [-0.3, -0.25) is 9.78 Å².